The van der Waals surface area contributed by atoms with Gasteiger partial charge >= 0.3 is 6.03 Å². The van der Waals surface area contributed by atoms with Gasteiger partial charge in [-0.25, -0.2) is 4.79 Å². The molecule has 1 atom stereocenters. The van der Waals surface area contributed by atoms with Crippen molar-refractivity contribution < 1.29 is 9.53 Å². The molecule has 2 aliphatic heterocycles. The van der Waals surface area contributed by atoms with E-state index in [0.717, 1.165) is 45.8 Å². The summed E-state index contributed by atoms with van der Waals surface area (Å²) in [5.74, 6) is 0. The fourth-order valence-corrected chi connectivity index (χ4v) is 2.27. The number of carbonyl (C=O) groups excluding carboxylic acids is 1. The van der Waals surface area contributed by atoms with Gasteiger partial charge in [0.1, 0.15) is 0 Å². The van der Waals surface area contributed by atoms with E-state index < -0.39 is 0 Å². The van der Waals surface area contributed by atoms with Crippen LogP contribution >= 0.6 is 0 Å². The molecule has 6 nitrogen and oxygen atoms in total. The second-order valence-corrected chi connectivity index (χ2v) is 4.63. The van der Waals surface area contributed by atoms with E-state index in [2.05, 4.69) is 10.2 Å². The summed E-state index contributed by atoms with van der Waals surface area (Å²) in [4.78, 5) is 16.1. The van der Waals surface area contributed by atoms with Gasteiger partial charge in [-0.05, 0) is 6.42 Å². The fourth-order valence-electron chi connectivity index (χ4n) is 2.27. The molecule has 0 spiro atoms. The van der Waals surface area contributed by atoms with Gasteiger partial charge in [-0.3, -0.25) is 4.90 Å². The lowest BCUT2D eigenvalue weighted by Crippen LogP contribution is -2.54. The van der Waals surface area contributed by atoms with Crippen LogP contribution < -0.4 is 11.1 Å². The quantitative estimate of drug-likeness (QED) is 0.670. The van der Waals surface area contributed by atoms with Crippen LogP contribution in [0.2, 0.25) is 0 Å². The maximum atomic E-state index is 11.9. The molecule has 0 aromatic carbocycles. The average molecular weight is 242 g/mol. The van der Waals surface area contributed by atoms with Crippen LogP contribution in [0.1, 0.15) is 6.42 Å². The molecule has 2 rings (SSSR count). The van der Waals surface area contributed by atoms with Crippen LogP contribution in [0.5, 0.6) is 0 Å². The molecule has 2 saturated heterocycles. The largest absolute Gasteiger partial charge is 0.379 e. The summed E-state index contributed by atoms with van der Waals surface area (Å²) < 4.78 is 5.24. The van der Waals surface area contributed by atoms with E-state index in [-0.39, 0.29) is 12.1 Å². The maximum absolute atomic E-state index is 11.9. The Morgan fingerprint density at radius 2 is 2.12 bits per heavy atom. The van der Waals surface area contributed by atoms with Crippen LogP contribution in [0.3, 0.4) is 0 Å². The first kappa shape index (κ1) is 12.6. The van der Waals surface area contributed by atoms with Crippen molar-refractivity contribution in [1.29, 1.82) is 0 Å². The summed E-state index contributed by atoms with van der Waals surface area (Å²) in [6.07, 6.45) is 0.929. The number of nitrogens with zero attached hydrogens (tertiary/aromatic N) is 2. The SMILES string of the molecule is NCCN1CCN(C(=O)NC2CCOC2)CC1. The van der Waals surface area contributed by atoms with Gasteiger partial charge in [0.2, 0.25) is 0 Å². The zero-order valence-electron chi connectivity index (χ0n) is 10.2. The minimum Gasteiger partial charge on any atom is -0.379 e. The van der Waals surface area contributed by atoms with Crippen molar-refractivity contribution in [3.63, 3.8) is 0 Å². The number of nitrogens with two attached hydrogens (primary N) is 1. The molecule has 0 aliphatic carbocycles. The summed E-state index contributed by atoms with van der Waals surface area (Å²) in [7, 11) is 0. The van der Waals surface area contributed by atoms with Crippen LogP contribution in [-0.4, -0.2) is 74.4 Å². The number of piperazine rings is 1. The van der Waals surface area contributed by atoms with Gasteiger partial charge in [-0.2, -0.15) is 0 Å². The predicted molar refractivity (Wildman–Crippen MR) is 64.8 cm³/mol. The van der Waals surface area contributed by atoms with E-state index in [1.54, 1.807) is 0 Å². The van der Waals surface area contributed by atoms with Crippen LogP contribution in [0.15, 0.2) is 0 Å². The Bertz CT molecular complexity index is 248. The molecule has 2 amide bonds. The number of amides is 2. The second kappa shape index (κ2) is 6.18. The van der Waals surface area contributed by atoms with E-state index in [4.69, 9.17) is 10.5 Å². The molecule has 2 fully saturated rings. The third-order valence-electron chi connectivity index (χ3n) is 3.36. The minimum atomic E-state index is 0.0490. The molecular formula is C11H22N4O2. The third-order valence-corrected chi connectivity index (χ3v) is 3.36. The van der Waals surface area contributed by atoms with E-state index in [9.17, 15) is 4.79 Å². The Balaban J connectivity index is 1.70. The molecule has 6 heteroatoms. The van der Waals surface area contributed by atoms with Crippen molar-refractivity contribution in [1.82, 2.24) is 15.1 Å². The molecule has 98 valence electrons. The second-order valence-electron chi connectivity index (χ2n) is 4.63. The van der Waals surface area contributed by atoms with Crippen molar-refractivity contribution in [2.45, 2.75) is 12.5 Å². The summed E-state index contributed by atoms with van der Waals surface area (Å²) in [5.41, 5.74) is 5.51. The predicted octanol–water partition coefficient (Wildman–Crippen LogP) is -0.939. The number of rotatable bonds is 3. The summed E-state index contributed by atoms with van der Waals surface area (Å²) in [6, 6.07) is 0.248. The normalized spacial score (nSPS) is 26.2. The lowest BCUT2D eigenvalue weighted by atomic mass is 10.2. The van der Waals surface area contributed by atoms with Crippen molar-refractivity contribution >= 4 is 6.03 Å². The molecule has 2 aliphatic rings. The Labute approximate surface area is 102 Å². The van der Waals surface area contributed by atoms with Crippen molar-refractivity contribution in [3.05, 3.63) is 0 Å². The van der Waals surface area contributed by atoms with Gasteiger partial charge in [-0.1, -0.05) is 0 Å². The molecular weight excluding hydrogens is 220 g/mol. The topological polar surface area (TPSA) is 70.8 Å². The summed E-state index contributed by atoms with van der Waals surface area (Å²) >= 11 is 0. The van der Waals surface area contributed by atoms with Gasteiger partial charge in [0.05, 0.1) is 12.6 Å². The number of carbonyl (C=O) groups is 1. The molecule has 17 heavy (non-hydrogen) atoms. The average Bonchev–Trinajstić information content (AvgIpc) is 2.83. The van der Waals surface area contributed by atoms with Gasteiger partial charge in [0, 0.05) is 45.9 Å². The van der Waals surface area contributed by atoms with Crippen LogP contribution in [0, 0.1) is 0 Å². The summed E-state index contributed by atoms with van der Waals surface area (Å²) in [6.45, 7) is 6.45. The highest BCUT2D eigenvalue weighted by atomic mass is 16.5. The van der Waals surface area contributed by atoms with Crippen LogP contribution in [0.4, 0.5) is 4.79 Å². The maximum Gasteiger partial charge on any atom is 0.317 e. The molecule has 2 heterocycles. The number of urea groups is 1. The number of nitrogens with one attached hydrogen (secondary N) is 1. The zero-order valence-corrected chi connectivity index (χ0v) is 10.2. The lowest BCUT2D eigenvalue weighted by Gasteiger charge is -2.34. The number of ether oxygens (including phenoxy) is 1. The molecule has 0 bridgehead atoms. The Kier molecular flexibility index (Phi) is 4.58. The first-order valence-corrected chi connectivity index (χ1v) is 6.35. The van der Waals surface area contributed by atoms with E-state index in [0.29, 0.717) is 13.2 Å². The fraction of sp³-hybridized carbons (Fsp3) is 0.909. The van der Waals surface area contributed by atoms with E-state index >= 15 is 0 Å². The Morgan fingerprint density at radius 3 is 2.71 bits per heavy atom. The first-order chi connectivity index (χ1) is 8.29. The van der Waals surface area contributed by atoms with Gasteiger partial charge < -0.3 is 20.7 Å². The highest BCUT2D eigenvalue weighted by Gasteiger charge is 2.24. The molecule has 3 N–H and O–H groups in total. The minimum absolute atomic E-state index is 0.0490. The molecule has 0 radical (unpaired) electrons. The van der Waals surface area contributed by atoms with Crippen LogP contribution in [0.25, 0.3) is 0 Å². The monoisotopic (exact) mass is 242 g/mol. The number of hydrogen-bond donors (Lipinski definition) is 2. The molecule has 0 saturated carbocycles. The highest BCUT2D eigenvalue weighted by molar-refractivity contribution is 5.74. The third kappa shape index (κ3) is 3.55. The van der Waals surface area contributed by atoms with Crippen molar-refractivity contribution in [3.8, 4) is 0 Å². The molecule has 1 unspecified atom stereocenters. The Hall–Kier alpha value is -0.850. The highest BCUT2D eigenvalue weighted by Crippen LogP contribution is 2.06. The van der Waals surface area contributed by atoms with Gasteiger partial charge in [0.25, 0.3) is 0 Å². The van der Waals surface area contributed by atoms with E-state index in [1.165, 1.54) is 0 Å². The van der Waals surface area contributed by atoms with Crippen LogP contribution in [-0.2, 0) is 4.74 Å². The molecule has 0 aromatic heterocycles. The smallest absolute Gasteiger partial charge is 0.317 e. The van der Waals surface area contributed by atoms with Crippen molar-refractivity contribution in [2.24, 2.45) is 5.73 Å². The first-order valence-electron chi connectivity index (χ1n) is 6.35. The number of hydrogen-bond acceptors (Lipinski definition) is 4. The lowest BCUT2D eigenvalue weighted by molar-refractivity contribution is 0.137. The standard InChI is InChI=1S/C11H22N4O2/c12-2-3-14-4-6-15(7-5-14)11(16)13-10-1-8-17-9-10/h10H,1-9,12H2,(H,13,16). The van der Waals surface area contributed by atoms with Gasteiger partial charge in [0.15, 0.2) is 0 Å². The summed E-state index contributed by atoms with van der Waals surface area (Å²) in [5, 5.41) is 3.01. The van der Waals surface area contributed by atoms with Crippen molar-refractivity contribution in [2.75, 3.05) is 52.5 Å². The zero-order chi connectivity index (χ0) is 12.1. The van der Waals surface area contributed by atoms with E-state index in [1.807, 2.05) is 4.90 Å². The van der Waals surface area contributed by atoms with Gasteiger partial charge in [-0.15, -0.1) is 0 Å². The Morgan fingerprint density at radius 1 is 1.35 bits per heavy atom. The molecule has 0 aromatic rings.